The lowest BCUT2D eigenvalue weighted by molar-refractivity contribution is -0.136. The molecule has 12 heteroatoms. The van der Waals surface area contributed by atoms with Gasteiger partial charge in [0.05, 0.1) is 42.5 Å². The molecule has 0 radical (unpaired) electrons. The van der Waals surface area contributed by atoms with Gasteiger partial charge in [-0.25, -0.2) is 4.98 Å². The van der Waals surface area contributed by atoms with Crippen molar-refractivity contribution in [3.63, 3.8) is 0 Å². The molecular weight excluding hydrogens is 501 g/mol. The molecule has 1 amide bonds. The van der Waals surface area contributed by atoms with Crippen molar-refractivity contribution in [2.75, 3.05) is 63.2 Å². The Balaban J connectivity index is 1.25. The summed E-state index contributed by atoms with van der Waals surface area (Å²) in [6, 6.07) is 5.59. The van der Waals surface area contributed by atoms with Gasteiger partial charge in [0.2, 0.25) is 0 Å². The van der Waals surface area contributed by atoms with E-state index in [4.69, 9.17) is 9.47 Å². The number of hydrogen-bond donors (Lipinski definition) is 3. The number of H-pyrrole nitrogens is 1. The minimum Gasteiger partial charge on any atom is -0.491 e. The summed E-state index contributed by atoms with van der Waals surface area (Å²) >= 11 is 0. The Morgan fingerprint density at radius 1 is 1.18 bits per heavy atom. The molecule has 3 aromatic rings. The van der Waals surface area contributed by atoms with Crippen molar-refractivity contribution in [3.05, 3.63) is 41.1 Å². The summed E-state index contributed by atoms with van der Waals surface area (Å²) in [5.74, 6) is 0.926. The number of rotatable bonds is 6. The highest BCUT2D eigenvalue weighted by molar-refractivity contribution is 5.98. The van der Waals surface area contributed by atoms with Gasteiger partial charge >= 0.3 is 6.18 Å². The van der Waals surface area contributed by atoms with Crippen LogP contribution >= 0.6 is 0 Å². The molecule has 0 atom stereocenters. The second-order valence-electron chi connectivity index (χ2n) is 9.72. The Hall–Kier alpha value is -3.51. The molecule has 2 saturated heterocycles. The van der Waals surface area contributed by atoms with E-state index in [1.54, 1.807) is 18.2 Å². The van der Waals surface area contributed by atoms with Crippen LogP contribution in [-0.4, -0.2) is 84.3 Å². The van der Waals surface area contributed by atoms with Gasteiger partial charge in [0.15, 0.2) is 0 Å². The molecule has 3 aliphatic rings. The first-order valence-electron chi connectivity index (χ1n) is 12.8. The van der Waals surface area contributed by atoms with Gasteiger partial charge in [-0.05, 0) is 19.1 Å². The number of ether oxygens (including phenoxy) is 2. The van der Waals surface area contributed by atoms with Crippen molar-refractivity contribution < 1.29 is 27.4 Å². The number of amides is 1. The molecule has 202 valence electrons. The zero-order valence-electron chi connectivity index (χ0n) is 21.0. The first-order valence-corrected chi connectivity index (χ1v) is 12.8. The van der Waals surface area contributed by atoms with E-state index in [1.807, 2.05) is 11.8 Å². The van der Waals surface area contributed by atoms with Gasteiger partial charge < -0.3 is 30.0 Å². The third kappa shape index (κ3) is 4.41. The molecule has 0 spiro atoms. The van der Waals surface area contributed by atoms with Crippen LogP contribution in [0.4, 0.5) is 30.4 Å². The predicted molar refractivity (Wildman–Crippen MR) is 136 cm³/mol. The molecular formula is C26H29F3N6O3. The molecule has 2 aromatic heterocycles. The predicted octanol–water partition coefficient (Wildman–Crippen LogP) is 3.85. The minimum atomic E-state index is -4.51. The van der Waals surface area contributed by atoms with Crippen molar-refractivity contribution in [1.29, 1.82) is 0 Å². The van der Waals surface area contributed by atoms with Crippen LogP contribution in [0.5, 0.6) is 5.75 Å². The lowest BCUT2D eigenvalue weighted by Gasteiger charge is -2.42. The van der Waals surface area contributed by atoms with Crippen LogP contribution < -0.4 is 15.4 Å². The summed E-state index contributed by atoms with van der Waals surface area (Å²) in [6.45, 7) is 7.22. The quantitative estimate of drug-likeness (QED) is 0.446. The van der Waals surface area contributed by atoms with Crippen LogP contribution in [0.3, 0.4) is 0 Å². The van der Waals surface area contributed by atoms with E-state index in [-0.39, 0.29) is 16.9 Å². The molecule has 0 aliphatic carbocycles. The Bertz CT molecular complexity index is 1360. The first-order chi connectivity index (χ1) is 18.3. The SMILES string of the molecule is CCNc1cc(Nc2ccc(C(=O)N3CCN(C4COC4)CC3)c3c2OCC3)nc2[nH]cc(C(F)(F)F)c12. The van der Waals surface area contributed by atoms with E-state index in [0.29, 0.717) is 67.2 Å². The number of nitrogens with zero attached hydrogens (tertiary/aromatic N) is 3. The molecule has 0 unspecified atom stereocenters. The van der Waals surface area contributed by atoms with Crippen LogP contribution in [0.1, 0.15) is 28.4 Å². The highest BCUT2D eigenvalue weighted by Crippen LogP contribution is 2.41. The van der Waals surface area contributed by atoms with Crippen LogP contribution in [0.25, 0.3) is 11.0 Å². The Morgan fingerprint density at radius 3 is 2.66 bits per heavy atom. The molecule has 1 aromatic carbocycles. The summed E-state index contributed by atoms with van der Waals surface area (Å²) in [5, 5.41) is 6.21. The van der Waals surface area contributed by atoms with Gasteiger partial charge in [0.1, 0.15) is 17.2 Å². The van der Waals surface area contributed by atoms with Crippen molar-refractivity contribution in [1.82, 2.24) is 19.8 Å². The van der Waals surface area contributed by atoms with E-state index >= 15 is 0 Å². The standard InChI is InChI=1S/C26H29F3N6O3/c1-2-30-20-11-21(33-24-22(20)18(12-31-24)26(27,28)29)32-19-4-3-17(16-5-10-38-23(16)19)25(36)35-8-6-34(7-9-35)15-13-37-14-15/h3-4,11-12,15H,2,5-10,13-14H2,1H3,(H3,30,31,32,33). The van der Waals surface area contributed by atoms with Gasteiger partial charge in [-0.1, -0.05) is 0 Å². The lowest BCUT2D eigenvalue weighted by Crippen LogP contribution is -2.57. The summed E-state index contributed by atoms with van der Waals surface area (Å²) in [6.07, 6.45) is -2.97. The maximum Gasteiger partial charge on any atom is 0.418 e. The third-order valence-corrected chi connectivity index (χ3v) is 7.41. The molecule has 3 N–H and O–H groups in total. The zero-order valence-corrected chi connectivity index (χ0v) is 21.0. The van der Waals surface area contributed by atoms with E-state index in [0.717, 1.165) is 38.1 Å². The Morgan fingerprint density at radius 2 is 1.97 bits per heavy atom. The fourth-order valence-corrected chi connectivity index (χ4v) is 5.38. The number of nitrogens with one attached hydrogen (secondary N) is 3. The van der Waals surface area contributed by atoms with Gasteiger partial charge in [0.25, 0.3) is 5.91 Å². The van der Waals surface area contributed by atoms with Crippen molar-refractivity contribution in [2.45, 2.75) is 25.6 Å². The number of hydrogen-bond acceptors (Lipinski definition) is 7. The second kappa shape index (κ2) is 9.66. The largest absolute Gasteiger partial charge is 0.491 e. The van der Waals surface area contributed by atoms with Gasteiger partial charge in [0, 0.05) is 68.2 Å². The normalized spacial score (nSPS) is 18.3. The number of anilines is 3. The number of fused-ring (bicyclic) bond motifs is 2. The van der Waals surface area contributed by atoms with Crippen molar-refractivity contribution in [3.8, 4) is 5.75 Å². The lowest BCUT2D eigenvalue weighted by atomic mass is 10.0. The maximum atomic E-state index is 13.5. The topological polar surface area (TPSA) is 94.8 Å². The van der Waals surface area contributed by atoms with Crippen LogP contribution in [-0.2, 0) is 17.3 Å². The molecule has 0 saturated carbocycles. The number of aromatic nitrogens is 2. The molecule has 9 nitrogen and oxygen atoms in total. The molecule has 2 fully saturated rings. The molecule has 6 rings (SSSR count). The van der Waals surface area contributed by atoms with E-state index in [9.17, 15) is 18.0 Å². The number of piperazine rings is 1. The number of carbonyl (C=O) groups is 1. The number of alkyl halides is 3. The van der Waals surface area contributed by atoms with E-state index in [1.165, 1.54) is 0 Å². The molecule has 5 heterocycles. The first kappa shape index (κ1) is 24.8. The van der Waals surface area contributed by atoms with Crippen LogP contribution in [0.15, 0.2) is 24.4 Å². The fraction of sp³-hybridized carbons (Fsp3) is 0.462. The zero-order chi connectivity index (χ0) is 26.4. The second-order valence-corrected chi connectivity index (χ2v) is 9.72. The summed E-state index contributed by atoms with van der Waals surface area (Å²) < 4.78 is 51.8. The average Bonchev–Trinajstić information content (AvgIpc) is 3.51. The van der Waals surface area contributed by atoms with E-state index in [2.05, 4.69) is 25.5 Å². The van der Waals surface area contributed by atoms with Gasteiger partial charge in [-0.2, -0.15) is 13.2 Å². The Labute approximate surface area is 217 Å². The molecule has 0 bridgehead atoms. The third-order valence-electron chi connectivity index (χ3n) is 7.41. The van der Waals surface area contributed by atoms with Gasteiger partial charge in [-0.3, -0.25) is 9.69 Å². The summed E-state index contributed by atoms with van der Waals surface area (Å²) in [4.78, 5) is 24.7. The molecule has 38 heavy (non-hydrogen) atoms. The van der Waals surface area contributed by atoms with Gasteiger partial charge in [-0.15, -0.1) is 0 Å². The minimum absolute atomic E-state index is 0.00254. The van der Waals surface area contributed by atoms with Crippen LogP contribution in [0, 0.1) is 0 Å². The van der Waals surface area contributed by atoms with Crippen molar-refractivity contribution in [2.24, 2.45) is 0 Å². The maximum absolute atomic E-state index is 13.5. The van der Waals surface area contributed by atoms with Crippen LogP contribution in [0.2, 0.25) is 0 Å². The number of benzene rings is 1. The summed E-state index contributed by atoms with van der Waals surface area (Å²) in [5.41, 5.74) is 1.75. The number of carbonyl (C=O) groups excluding carboxylic acids is 1. The number of aromatic amines is 1. The monoisotopic (exact) mass is 530 g/mol. The highest BCUT2D eigenvalue weighted by atomic mass is 19.4. The number of halogens is 3. The average molecular weight is 531 g/mol. The Kier molecular flexibility index (Phi) is 6.31. The number of pyridine rings is 1. The molecule has 3 aliphatic heterocycles. The highest BCUT2D eigenvalue weighted by Gasteiger charge is 2.36. The fourth-order valence-electron chi connectivity index (χ4n) is 5.38. The van der Waals surface area contributed by atoms with E-state index < -0.39 is 11.7 Å². The summed E-state index contributed by atoms with van der Waals surface area (Å²) in [7, 11) is 0. The smallest absolute Gasteiger partial charge is 0.418 e. The van der Waals surface area contributed by atoms with Crippen molar-refractivity contribution >= 4 is 34.1 Å².